The number of hydrogen-bond acceptors (Lipinski definition) is 1. The molecule has 0 unspecified atom stereocenters. The summed E-state index contributed by atoms with van der Waals surface area (Å²) in [5, 5.41) is 0.705. The lowest BCUT2D eigenvalue weighted by atomic mass is 10.0. The minimum atomic E-state index is 0.0440. The first-order valence-electron chi connectivity index (χ1n) is 6.98. The van der Waals surface area contributed by atoms with E-state index in [0.29, 0.717) is 11.4 Å². The first kappa shape index (κ1) is 13.9. The van der Waals surface area contributed by atoms with Gasteiger partial charge in [0.2, 0.25) is 5.91 Å². The van der Waals surface area contributed by atoms with Crippen molar-refractivity contribution < 1.29 is 4.79 Å². The third kappa shape index (κ3) is 2.72. The van der Waals surface area contributed by atoms with E-state index in [1.807, 2.05) is 59.5 Å². The van der Waals surface area contributed by atoms with Crippen LogP contribution in [0, 0.1) is 0 Å². The summed E-state index contributed by atoms with van der Waals surface area (Å²) < 4.78 is 0. The van der Waals surface area contributed by atoms with Crippen molar-refractivity contribution >= 4 is 23.2 Å². The second kappa shape index (κ2) is 5.74. The first-order valence-corrected chi connectivity index (χ1v) is 7.36. The van der Waals surface area contributed by atoms with Crippen LogP contribution >= 0.6 is 11.6 Å². The highest BCUT2D eigenvalue weighted by molar-refractivity contribution is 6.30. The summed E-state index contributed by atoms with van der Waals surface area (Å²) in [5.74, 6) is 0.129. The molecule has 0 aliphatic carbocycles. The number of nitrogens with zero attached hydrogens (tertiary/aromatic N) is 1. The molecule has 1 aliphatic heterocycles. The van der Waals surface area contributed by atoms with Gasteiger partial charge in [-0.1, -0.05) is 60.6 Å². The number of carbonyl (C=O) groups excluding carboxylic acids is 1. The molecule has 1 atom stereocenters. The molecule has 0 N–H and O–H groups in total. The summed E-state index contributed by atoms with van der Waals surface area (Å²) in [7, 11) is 0. The van der Waals surface area contributed by atoms with Crippen LogP contribution in [0.1, 0.15) is 30.0 Å². The number of rotatable bonds is 3. The molecule has 2 nitrogen and oxygen atoms in total. The number of likely N-dealkylation sites (tertiary alicyclic amines) is 1. The second-order valence-corrected chi connectivity index (χ2v) is 5.62. The minimum Gasteiger partial charge on any atom is -0.305 e. The van der Waals surface area contributed by atoms with Gasteiger partial charge in [0.1, 0.15) is 0 Å². The van der Waals surface area contributed by atoms with Crippen molar-refractivity contribution in [2.45, 2.75) is 18.9 Å². The zero-order valence-corrected chi connectivity index (χ0v) is 12.4. The quantitative estimate of drug-likeness (QED) is 0.806. The Morgan fingerprint density at radius 1 is 1.10 bits per heavy atom. The number of halogens is 1. The van der Waals surface area contributed by atoms with Crippen LogP contribution < -0.4 is 0 Å². The van der Waals surface area contributed by atoms with Crippen LogP contribution in [-0.4, -0.2) is 10.8 Å². The average molecular weight is 298 g/mol. The zero-order valence-electron chi connectivity index (χ0n) is 11.6. The van der Waals surface area contributed by atoms with Crippen LogP contribution in [0.3, 0.4) is 0 Å². The predicted octanol–water partition coefficient (Wildman–Crippen LogP) is 4.67. The van der Waals surface area contributed by atoms with Gasteiger partial charge in [-0.25, -0.2) is 0 Å². The van der Waals surface area contributed by atoms with Crippen LogP contribution in [0.25, 0.3) is 5.70 Å². The maximum atomic E-state index is 12.3. The fourth-order valence-electron chi connectivity index (χ4n) is 2.79. The van der Waals surface area contributed by atoms with E-state index in [2.05, 4.69) is 6.58 Å². The molecular formula is C18H16ClNO. The topological polar surface area (TPSA) is 20.3 Å². The van der Waals surface area contributed by atoms with Crippen LogP contribution in [0.5, 0.6) is 0 Å². The zero-order chi connectivity index (χ0) is 14.8. The molecule has 0 radical (unpaired) electrons. The molecular weight excluding hydrogens is 282 g/mol. The Labute approximate surface area is 129 Å². The third-order valence-corrected chi connectivity index (χ3v) is 4.12. The minimum absolute atomic E-state index is 0.0440. The molecule has 0 saturated carbocycles. The van der Waals surface area contributed by atoms with E-state index in [1.54, 1.807) is 0 Å². The van der Waals surface area contributed by atoms with E-state index < -0.39 is 0 Å². The van der Waals surface area contributed by atoms with Gasteiger partial charge in [-0.3, -0.25) is 4.79 Å². The van der Waals surface area contributed by atoms with Gasteiger partial charge in [0, 0.05) is 17.1 Å². The van der Waals surface area contributed by atoms with Crippen LogP contribution in [-0.2, 0) is 4.79 Å². The number of carbonyl (C=O) groups is 1. The summed E-state index contributed by atoms with van der Waals surface area (Å²) in [4.78, 5) is 14.1. The van der Waals surface area contributed by atoms with Crippen molar-refractivity contribution in [1.29, 1.82) is 0 Å². The molecule has 3 rings (SSSR count). The SMILES string of the molecule is C=C(c1ccccc1)N1C(=O)CC[C@@H]1c1ccc(Cl)cc1. The standard InChI is InChI=1S/C18H16ClNO/c1-13(14-5-3-2-4-6-14)20-17(11-12-18(20)21)15-7-9-16(19)10-8-15/h2-10,17H,1,11-12H2/t17-/m1/s1. The summed E-state index contributed by atoms with van der Waals surface area (Å²) >= 11 is 5.94. The maximum Gasteiger partial charge on any atom is 0.227 e. The highest BCUT2D eigenvalue weighted by Gasteiger charge is 2.34. The van der Waals surface area contributed by atoms with Crippen LogP contribution in [0.2, 0.25) is 5.02 Å². The Balaban J connectivity index is 1.93. The molecule has 3 heteroatoms. The number of hydrogen-bond donors (Lipinski definition) is 0. The highest BCUT2D eigenvalue weighted by atomic mass is 35.5. The molecule has 1 saturated heterocycles. The summed E-state index contributed by atoms with van der Waals surface area (Å²) in [5.41, 5.74) is 2.84. The van der Waals surface area contributed by atoms with E-state index in [4.69, 9.17) is 11.6 Å². The first-order chi connectivity index (χ1) is 10.2. The van der Waals surface area contributed by atoms with Gasteiger partial charge in [0.15, 0.2) is 0 Å². The molecule has 0 bridgehead atoms. The van der Waals surface area contributed by atoms with Crippen molar-refractivity contribution in [3.05, 3.63) is 77.3 Å². The van der Waals surface area contributed by atoms with Crippen molar-refractivity contribution in [1.82, 2.24) is 4.90 Å². The maximum absolute atomic E-state index is 12.3. The Kier molecular flexibility index (Phi) is 3.80. The molecule has 1 aliphatic rings. The van der Waals surface area contributed by atoms with Crippen LogP contribution in [0.4, 0.5) is 0 Å². The molecule has 0 spiro atoms. The predicted molar refractivity (Wildman–Crippen MR) is 85.7 cm³/mol. The van der Waals surface area contributed by atoms with Crippen molar-refractivity contribution in [2.24, 2.45) is 0 Å². The summed E-state index contributed by atoms with van der Waals surface area (Å²) in [6.45, 7) is 4.13. The molecule has 1 amide bonds. The lowest BCUT2D eigenvalue weighted by Gasteiger charge is -2.27. The van der Waals surface area contributed by atoms with E-state index >= 15 is 0 Å². The molecule has 2 aromatic rings. The van der Waals surface area contributed by atoms with Crippen LogP contribution in [0.15, 0.2) is 61.2 Å². The third-order valence-electron chi connectivity index (χ3n) is 3.86. The number of amides is 1. The van der Waals surface area contributed by atoms with E-state index in [0.717, 1.165) is 23.2 Å². The van der Waals surface area contributed by atoms with Gasteiger partial charge < -0.3 is 4.90 Å². The molecule has 1 fully saturated rings. The molecule has 2 aromatic carbocycles. The Bertz CT molecular complexity index is 663. The lowest BCUT2D eigenvalue weighted by Crippen LogP contribution is -2.25. The monoisotopic (exact) mass is 297 g/mol. The van der Waals surface area contributed by atoms with Gasteiger partial charge in [0.25, 0.3) is 0 Å². The molecule has 21 heavy (non-hydrogen) atoms. The Morgan fingerprint density at radius 3 is 2.43 bits per heavy atom. The summed E-state index contributed by atoms with van der Waals surface area (Å²) in [6.07, 6.45) is 1.37. The fourth-order valence-corrected chi connectivity index (χ4v) is 2.92. The molecule has 1 heterocycles. The normalized spacial score (nSPS) is 18.0. The Hall–Kier alpha value is -2.06. The molecule has 106 valence electrons. The van der Waals surface area contributed by atoms with Crippen molar-refractivity contribution in [3.63, 3.8) is 0 Å². The van der Waals surface area contributed by atoms with E-state index in [1.165, 1.54) is 0 Å². The lowest BCUT2D eigenvalue weighted by molar-refractivity contribution is -0.125. The van der Waals surface area contributed by atoms with Gasteiger partial charge in [-0.2, -0.15) is 0 Å². The number of benzene rings is 2. The smallest absolute Gasteiger partial charge is 0.227 e. The van der Waals surface area contributed by atoms with Crippen molar-refractivity contribution in [2.75, 3.05) is 0 Å². The fraction of sp³-hybridized carbons (Fsp3) is 0.167. The van der Waals surface area contributed by atoms with Gasteiger partial charge in [-0.15, -0.1) is 0 Å². The van der Waals surface area contributed by atoms with Gasteiger partial charge in [-0.05, 0) is 29.7 Å². The van der Waals surface area contributed by atoms with E-state index in [9.17, 15) is 4.79 Å². The second-order valence-electron chi connectivity index (χ2n) is 5.18. The largest absolute Gasteiger partial charge is 0.305 e. The molecule has 0 aromatic heterocycles. The van der Waals surface area contributed by atoms with E-state index in [-0.39, 0.29) is 11.9 Å². The van der Waals surface area contributed by atoms with Gasteiger partial charge in [0.05, 0.1) is 6.04 Å². The highest BCUT2D eigenvalue weighted by Crippen LogP contribution is 2.38. The average Bonchev–Trinajstić information content (AvgIpc) is 2.90. The van der Waals surface area contributed by atoms with Gasteiger partial charge >= 0.3 is 0 Å². The summed E-state index contributed by atoms with van der Waals surface area (Å²) in [6, 6.07) is 17.6. The van der Waals surface area contributed by atoms with Crippen molar-refractivity contribution in [3.8, 4) is 0 Å². The Morgan fingerprint density at radius 2 is 1.76 bits per heavy atom.